The molecule has 3 aromatic rings. The molecule has 8 heteroatoms. The number of likely N-dealkylation sites (tertiary alicyclic amines) is 1. The number of fused-ring (bicyclic) bond motifs is 1. The van der Waals surface area contributed by atoms with Crippen LogP contribution in [0.1, 0.15) is 34.7 Å². The van der Waals surface area contributed by atoms with Gasteiger partial charge in [0.15, 0.2) is 0 Å². The molecule has 0 saturated carbocycles. The third-order valence-corrected chi connectivity index (χ3v) is 8.08. The first-order chi connectivity index (χ1) is 14.3. The highest BCUT2D eigenvalue weighted by molar-refractivity contribution is 7.89. The van der Waals surface area contributed by atoms with Crippen LogP contribution in [0.25, 0.3) is 10.9 Å². The quantitative estimate of drug-likeness (QED) is 0.657. The molecule has 4 rings (SSSR count). The molecular formula is C22H24ClN3O3S. The predicted molar refractivity (Wildman–Crippen MR) is 119 cm³/mol. The zero-order chi connectivity index (χ0) is 21.5. The van der Waals surface area contributed by atoms with Gasteiger partial charge in [-0.2, -0.15) is 0 Å². The Morgan fingerprint density at radius 3 is 2.53 bits per heavy atom. The summed E-state index contributed by atoms with van der Waals surface area (Å²) in [4.78, 5) is 18.1. The van der Waals surface area contributed by atoms with Crippen LogP contribution >= 0.6 is 11.6 Å². The van der Waals surface area contributed by atoms with Crippen molar-refractivity contribution in [3.8, 4) is 0 Å². The smallest absolute Gasteiger partial charge is 0.253 e. The van der Waals surface area contributed by atoms with Gasteiger partial charge in [-0.25, -0.2) is 12.7 Å². The first-order valence-corrected chi connectivity index (χ1v) is 11.7. The number of aromatic nitrogens is 1. The number of H-pyrrole nitrogens is 1. The van der Waals surface area contributed by atoms with E-state index in [-0.39, 0.29) is 15.8 Å². The van der Waals surface area contributed by atoms with Crippen molar-refractivity contribution in [3.63, 3.8) is 0 Å². The van der Waals surface area contributed by atoms with E-state index in [4.69, 9.17) is 11.6 Å². The van der Waals surface area contributed by atoms with E-state index in [0.717, 1.165) is 22.7 Å². The zero-order valence-corrected chi connectivity index (χ0v) is 18.5. The lowest BCUT2D eigenvalue weighted by Crippen LogP contribution is -2.38. The Morgan fingerprint density at radius 1 is 1.13 bits per heavy atom. The second kappa shape index (κ2) is 8.06. The van der Waals surface area contributed by atoms with Crippen LogP contribution in [-0.2, 0) is 10.0 Å². The minimum atomic E-state index is -3.73. The molecule has 1 aliphatic rings. The Balaban J connectivity index is 1.51. The largest absolute Gasteiger partial charge is 0.361 e. The fourth-order valence-electron chi connectivity index (χ4n) is 4.04. The number of halogens is 1. The van der Waals surface area contributed by atoms with Crippen molar-refractivity contribution in [2.75, 3.05) is 27.2 Å². The number of hydrogen-bond acceptors (Lipinski definition) is 3. The Labute approximate surface area is 181 Å². The molecular weight excluding hydrogens is 422 g/mol. The van der Waals surface area contributed by atoms with E-state index in [1.54, 1.807) is 11.0 Å². The number of aromatic amines is 1. The lowest BCUT2D eigenvalue weighted by atomic mass is 9.89. The van der Waals surface area contributed by atoms with Crippen LogP contribution < -0.4 is 0 Å². The molecule has 1 aliphatic heterocycles. The van der Waals surface area contributed by atoms with Gasteiger partial charge < -0.3 is 9.88 Å². The van der Waals surface area contributed by atoms with Crippen LogP contribution in [0.2, 0.25) is 5.02 Å². The molecule has 2 heterocycles. The van der Waals surface area contributed by atoms with Crippen LogP contribution in [0.5, 0.6) is 0 Å². The number of nitrogens with zero attached hydrogens (tertiary/aromatic N) is 2. The summed E-state index contributed by atoms with van der Waals surface area (Å²) in [5.74, 6) is 0.222. The number of hydrogen-bond donors (Lipinski definition) is 1. The molecule has 2 aromatic carbocycles. The van der Waals surface area contributed by atoms with Crippen LogP contribution in [0.15, 0.2) is 53.6 Å². The molecule has 158 valence electrons. The summed E-state index contributed by atoms with van der Waals surface area (Å²) in [5.41, 5.74) is 2.76. The molecule has 30 heavy (non-hydrogen) atoms. The summed E-state index contributed by atoms with van der Waals surface area (Å²) in [6.45, 7) is 1.25. The highest BCUT2D eigenvalue weighted by Crippen LogP contribution is 2.34. The van der Waals surface area contributed by atoms with Crippen molar-refractivity contribution in [2.24, 2.45) is 0 Å². The summed E-state index contributed by atoms with van der Waals surface area (Å²) in [7, 11) is -0.846. The minimum Gasteiger partial charge on any atom is -0.361 e. The van der Waals surface area contributed by atoms with Gasteiger partial charge in [-0.15, -0.1) is 0 Å². The maximum absolute atomic E-state index is 13.0. The maximum Gasteiger partial charge on any atom is 0.253 e. The summed E-state index contributed by atoms with van der Waals surface area (Å²) in [6.07, 6.45) is 3.80. The number of sulfonamides is 1. The summed E-state index contributed by atoms with van der Waals surface area (Å²) < 4.78 is 26.1. The average molecular weight is 446 g/mol. The Morgan fingerprint density at radius 2 is 1.83 bits per heavy atom. The fraction of sp³-hybridized carbons (Fsp3) is 0.318. The SMILES string of the molecule is CN(C)S(=O)(=O)c1cc(C(=O)N2CCC(c3c[nH]c4ccccc34)CC2)ccc1Cl. The van der Waals surface area contributed by atoms with Crippen molar-refractivity contribution in [1.82, 2.24) is 14.2 Å². The van der Waals surface area contributed by atoms with E-state index < -0.39 is 10.0 Å². The molecule has 0 radical (unpaired) electrons. The zero-order valence-electron chi connectivity index (χ0n) is 16.9. The molecule has 0 spiro atoms. The first kappa shape index (κ1) is 20.9. The Kier molecular flexibility index (Phi) is 5.61. The van der Waals surface area contributed by atoms with Gasteiger partial charge in [0.05, 0.1) is 5.02 Å². The van der Waals surface area contributed by atoms with Crippen molar-refractivity contribution in [1.29, 1.82) is 0 Å². The van der Waals surface area contributed by atoms with Crippen molar-refractivity contribution >= 4 is 38.4 Å². The topological polar surface area (TPSA) is 73.5 Å². The van der Waals surface area contributed by atoms with Gasteiger partial charge in [0.25, 0.3) is 5.91 Å². The lowest BCUT2D eigenvalue weighted by molar-refractivity contribution is 0.0713. The van der Waals surface area contributed by atoms with E-state index in [9.17, 15) is 13.2 Å². The number of nitrogens with one attached hydrogen (secondary N) is 1. The first-order valence-electron chi connectivity index (χ1n) is 9.86. The van der Waals surface area contributed by atoms with Crippen LogP contribution in [0, 0.1) is 0 Å². The molecule has 1 saturated heterocycles. The standard InChI is InChI=1S/C22H24ClN3O3S/c1-25(2)30(28,29)21-13-16(7-8-19(21)23)22(27)26-11-9-15(10-12-26)18-14-24-20-6-4-3-5-17(18)20/h3-8,13-15,24H,9-12H2,1-2H3. The highest BCUT2D eigenvalue weighted by Gasteiger charge is 2.28. The van der Waals surface area contributed by atoms with Gasteiger partial charge in [-0.05, 0) is 48.6 Å². The molecule has 0 unspecified atom stereocenters. The van der Waals surface area contributed by atoms with Crippen LogP contribution in [-0.4, -0.2) is 55.7 Å². The average Bonchev–Trinajstić information content (AvgIpc) is 3.17. The van der Waals surface area contributed by atoms with Crippen molar-refractivity contribution in [2.45, 2.75) is 23.7 Å². The van der Waals surface area contributed by atoms with Crippen LogP contribution in [0.4, 0.5) is 0 Å². The minimum absolute atomic E-state index is 0.0475. The molecule has 1 fully saturated rings. The van der Waals surface area contributed by atoms with Crippen molar-refractivity contribution in [3.05, 3.63) is 64.8 Å². The van der Waals surface area contributed by atoms with Gasteiger partial charge in [0, 0.05) is 49.8 Å². The van der Waals surface area contributed by atoms with Gasteiger partial charge in [0.2, 0.25) is 10.0 Å². The molecule has 6 nitrogen and oxygen atoms in total. The van der Waals surface area contributed by atoms with Gasteiger partial charge in [-0.1, -0.05) is 29.8 Å². The second-order valence-corrected chi connectivity index (χ2v) is 10.3. The van der Waals surface area contributed by atoms with E-state index >= 15 is 0 Å². The predicted octanol–water partition coefficient (Wildman–Crippen LogP) is 4.09. The highest BCUT2D eigenvalue weighted by atomic mass is 35.5. The number of amides is 1. The monoisotopic (exact) mass is 445 g/mol. The normalized spacial score (nSPS) is 15.8. The lowest BCUT2D eigenvalue weighted by Gasteiger charge is -2.32. The maximum atomic E-state index is 13.0. The Hall–Kier alpha value is -2.35. The third-order valence-electron chi connectivity index (χ3n) is 5.78. The second-order valence-electron chi connectivity index (χ2n) is 7.79. The number of benzene rings is 2. The van der Waals surface area contributed by atoms with Crippen molar-refractivity contribution < 1.29 is 13.2 Å². The van der Waals surface area contributed by atoms with E-state index in [1.165, 1.54) is 37.2 Å². The Bertz CT molecular complexity index is 1200. The molecule has 0 aliphatic carbocycles. The van der Waals surface area contributed by atoms with Gasteiger partial charge in [-0.3, -0.25) is 4.79 Å². The third kappa shape index (κ3) is 3.73. The number of carbonyl (C=O) groups is 1. The molecule has 1 aromatic heterocycles. The summed E-state index contributed by atoms with van der Waals surface area (Å²) in [5, 5.41) is 1.34. The summed E-state index contributed by atoms with van der Waals surface area (Å²) in [6, 6.07) is 12.7. The van der Waals surface area contributed by atoms with E-state index in [2.05, 4.69) is 23.3 Å². The summed E-state index contributed by atoms with van der Waals surface area (Å²) >= 11 is 6.11. The van der Waals surface area contributed by atoms with Gasteiger partial charge in [0.1, 0.15) is 4.90 Å². The van der Waals surface area contributed by atoms with Gasteiger partial charge >= 0.3 is 0 Å². The number of piperidine rings is 1. The molecule has 0 bridgehead atoms. The number of rotatable bonds is 4. The number of para-hydroxylation sites is 1. The van der Waals surface area contributed by atoms with E-state index in [0.29, 0.717) is 24.6 Å². The van der Waals surface area contributed by atoms with Crippen LogP contribution in [0.3, 0.4) is 0 Å². The molecule has 1 amide bonds. The molecule has 0 atom stereocenters. The number of carbonyl (C=O) groups excluding carboxylic acids is 1. The van der Waals surface area contributed by atoms with E-state index in [1.807, 2.05) is 12.1 Å². The fourth-order valence-corrected chi connectivity index (χ4v) is 5.43. The molecule has 1 N–H and O–H groups in total.